The maximum atomic E-state index is 10.3. The van der Waals surface area contributed by atoms with Crippen LogP contribution in [0.2, 0.25) is 0 Å². The minimum atomic E-state index is -1.78. The molecule has 0 aliphatic rings. The molecule has 0 spiro atoms. The van der Waals surface area contributed by atoms with Gasteiger partial charge in [0.1, 0.15) is 0 Å². The number of carboxylic acids is 2. The molecule has 5 nitrogen and oxygen atoms in total. The number of hydrogen-bond acceptors (Lipinski definition) is 5. The average Bonchev–Trinajstić information content (AvgIpc) is 2.15. The summed E-state index contributed by atoms with van der Waals surface area (Å²) in [6.45, 7) is 0. The van der Waals surface area contributed by atoms with Crippen molar-refractivity contribution in [2.24, 2.45) is 0 Å². The van der Waals surface area contributed by atoms with Gasteiger partial charge in [-0.25, -0.2) is 0 Å². The first kappa shape index (κ1) is 9.91. The Bertz CT molecular complexity index is 367. The number of hydrogen-bond donors (Lipinski definition) is 0. The number of nitrogens with zero attached hydrogens (tertiary/aromatic N) is 1. The number of carbonyl (C=O) groups excluding carboxylic acids is 2. The van der Waals surface area contributed by atoms with Crippen molar-refractivity contribution in [1.82, 2.24) is 4.98 Å². The van der Waals surface area contributed by atoms with Gasteiger partial charge >= 0.3 is 0 Å². The van der Waals surface area contributed by atoms with E-state index < -0.39 is 17.5 Å². The molecular weight excluding hydrogens is 186 g/mol. The molecule has 0 saturated carbocycles. The summed E-state index contributed by atoms with van der Waals surface area (Å²) in [5, 5.41) is 20.7. The first-order chi connectivity index (χ1) is 6.61. The van der Waals surface area contributed by atoms with Crippen LogP contribution in [0.3, 0.4) is 0 Å². The molecule has 0 atom stereocenters. The summed E-state index contributed by atoms with van der Waals surface area (Å²) in [5.74, 6) is -3.55. The van der Waals surface area contributed by atoms with Crippen molar-refractivity contribution in [1.29, 1.82) is 0 Å². The zero-order valence-corrected chi connectivity index (χ0v) is 6.97. The van der Waals surface area contributed by atoms with Crippen LogP contribution < -0.4 is 10.2 Å². The van der Waals surface area contributed by atoms with Crippen molar-refractivity contribution in [3.05, 3.63) is 35.7 Å². The van der Waals surface area contributed by atoms with Crippen LogP contribution in [0.1, 0.15) is 5.56 Å². The molecule has 1 aromatic rings. The standard InChI is InChI=1S/C9H7NO4/c11-8(12)7(9(13)14)5-6-1-3-10-4-2-6/h1-5H,(H,11,12)(H,13,14)/p-2. The summed E-state index contributed by atoms with van der Waals surface area (Å²) < 4.78 is 0. The van der Waals surface area contributed by atoms with Gasteiger partial charge in [0.05, 0.1) is 11.9 Å². The van der Waals surface area contributed by atoms with Gasteiger partial charge in [-0.2, -0.15) is 0 Å². The molecule has 0 radical (unpaired) electrons. The van der Waals surface area contributed by atoms with E-state index in [2.05, 4.69) is 4.98 Å². The number of carboxylic acid groups (broad SMARTS) is 2. The van der Waals surface area contributed by atoms with Gasteiger partial charge in [-0.05, 0) is 23.8 Å². The topological polar surface area (TPSA) is 93.2 Å². The number of aliphatic carboxylic acids is 2. The highest BCUT2D eigenvalue weighted by Gasteiger charge is 1.99. The Morgan fingerprint density at radius 3 is 2.07 bits per heavy atom. The van der Waals surface area contributed by atoms with Gasteiger partial charge in [-0.3, -0.25) is 4.98 Å². The maximum Gasteiger partial charge on any atom is 0.0733 e. The van der Waals surface area contributed by atoms with Crippen LogP contribution in [0.25, 0.3) is 6.08 Å². The molecule has 0 N–H and O–H groups in total. The Morgan fingerprint density at radius 1 is 1.14 bits per heavy atom. The zero-order chi connectivity index (χ0) is 10.6. The molecule has 0 aliphatic heterocycles. The molecule has 0 bridgehead atoms. The highest BCUT2D eigenvalue weighted by Crippen LogP contribution is 2.04. The Labute approximate surface area is 79.3 Å². The highest BCUT2D eigenvalue weighted by molar-refractivity contribution is 6.14. The van der Waals surface area contributed by atoms with Crippen molar-refractivity contribution < 1.29 is 19.8 Å². The molecule has 14 heavy (non-hydrogen) atoms. The van der Waals surface area contributed by atoms with E-state index in [-0.39, 0.29) is 0 Å². The first-order valence-electron chi connectivity index (χ1n) is 3.65. The lowest BCUT2D eigenvalue weighted by Crippen LogP contribution is -2.36. The average molecular weight is 191 g/mol. The zero-order valence-electron chi connectivity index (χ0n) is 6.97. The number of aromatic nitrogens is 1. The molecule has 0 aliphatic carbocycles. The largest absolute Gasteiger partial charge is 0.545 e. The SMILES string of the molecule is O=C([O-])C(=Cc1ccncc1)C(=O)[O-]. The van der Waals surface area contributed by atoms with Gasteiger partial charge in [-0.15, -0.1) is 0 Å². The smallest absolute Gasteiger partial charge is 0.0733 e. The molecule has 0 aromatic carbocycles. The van der Waals surface area contributed by atoms with Gasteiger partial charge in [0.25, 0.3) is 0 Å². The predicted molar refractivity (Wildman–Crippen MR) is 42.2 cm³/mol. The Hall–Kier alpha value is -2.17. The van der Waals surface area contributed by atoms with Crippen LogP contribution >= 0.6 is 0 Å². The second-order valence-electron chi connectivity index (χ2n) is 2.41. The van der Waals surface area contributed by atoms with Crippen molar-refractivity contribution >= 4 is 18.0 Å². The summed E-state index contributed by atoms with van der Waals surface area (Å²) in [5.41, 5.74) is -0.486. The second kappa shape index (κ2) is 4.18. The summed E-state index contributed by atoms with van der Waals surface area (Å²) in [6.07, 6.45) is 3.77. The van der Waals surface area contributed by atoms with Gasteiger partial charge < -0.3 is 19.8 Å². The third-order valence-corrected chi connectivity index (χ3v) is 1.46. The molecule has 0 unspecified atom stereocenters. The fourth-order valence-corrected chi connectivity index (χ4v) is 0.828. The Balaban J connectivity index is 3.06. The van der Waals surface area contributed by atoms with E-state index in [1.165, 1.54) is 24.5 Å². The van der Waals surface area contributed by atoms with E-state index in [0.29, 0.717) is 5.56 Å². The van der Waals surface area contributed by atoms with E-state index >= 15 is 0 Å². The van der Waals surface area contributed by atoms with Crippen LogP contribution in [0, 0.1) is 0 Å². The van der Waals surface area contributed by atoms with Crippen molar-refractivity contribution in [2.45, 2.75) is 0 Å². The van der Waals surface area contributed by atoms with Crippen molar-refractivity contribution in [3.8, 4) is 0 Å². The van der Waals surface area contributed by atoms with E-state index in [4.69, 9.17) is 0 Å². The fourth-order valence-electron chi connectivity index (χ4n) is 0.828. The number of carbonyl (C=O) groups is 2. The van der Waals surface area contributed by atoms with Crippen LogP contribution in [-0.4, -0.2) is 16.9 Å². The summed E-state index contributed by atoms with van der Waals surface area (Å²) in [4.78, 5) is 24.3. The monoisotopic (exact) mass is 191 g/mol. The number of pyridine rings is 1. The second-order valence-corrected chi connectivity index (χ2v) is 2.41. The van der Waals surface area contributed by atoms with E-state index in [1.54, 1.807) is 0 Å². The van der Waals surface area contributed by atoms with Gasteiger partial charge in [0.2, 0.25) is 0 Å². The van der Waals surface area contributed by atoms with Crippen molar-refractivity contribution in [3.63, 3.8) is 0 Å². The molecule has 0 amide bonds. The third kappa shape index (κ3) is 2.41. The first-order valence-corrected chi connectivity index (χ1v) is 3.65. The van der Waals surface area contributed by atoms with E-state index in [9.17, 15) is 19.8 Å². The molecule has 0 fully saturated rings. The van der Waals surface area contributed by atoms with Crippen LogP contribution in [0.4, 0.5) is 0 Å². The summed E-state index contributed by atoms with van der Waals surface area (Å²) >= 11 is 0. The molecule has 1 heterocycles. The highest BCUT2D eigenvalue weighted by atomic mass is 16.4. The Kier molecular flexibility index (Phi) is 2.96. The molecule has 1 aromatic heterocycles. The van der Waals surface area contributed by atoms with E-state index in [0.717, 1.165) is 6.08 Å². The summed E-state index contributed by atoms with van der Waals surface area (Å²) in [6, 6.07) is 2.93. The molecule has 5 heteroatoms. The van der Waals surface area contributed by atoms with Gasteiger partial charge in [0.15, 0.2) is 0 Å². The van der Waals surface area contributed by atoms with Gasteiger partial charge in [-0.1, -0.05) is 0 Å². The minimum Gasteiger partial charge on any atom is -0.545 e. The Morgan fingerprint density at radius 2 is 1.64 bits per heavy atom. The van der Waals surface area contributed by atoms with Crippen LogP contribution in [0.15, 0.2) is 30.1 Å². The molecule has 0 saturated heterocycles. The third-order valence-electron chi connectivity index (χ3n) is 1.46. The molecular formula is C9H5NO4-2. The molecule has 1 rings (SSSR count). The quantitative estimate of drug-likeness (QED) is 0.312. The predicted octanol–water partition coefficient (Wildman–Crippen LogP) is -2.04. The van der Waals surface area contributed by atoms with Crippen LogP contribution in [-0.2, 0) is 9.59 Å². The van der Waals surface area contributed by atoms with E-state index in [1.807, 2.05) is 0 Å². The lowest BCUT2D eigenvalue weighted by Gasteiger charge is -2.08. The summed E-state index contributed by atoms with van der Waals surface area (Å²) in [7, 11) is 0. The normalized spacial score (nSPS) is 9.14. The molecule has 72 valence electrons. The lowest BCUT2D eigenvalue weighted by molar-refractivity contribution is -0.311. The van der Waals surface area contributed by atoms with Crippen LogP contribution in [0.5, 0.6) is 0 Å². The minimum absolute atomic E-state index is 0.406. The lowest BCUT2D eigenvalue weighted by atomic mass is 10.1. The number of rotatable bonds is 3. The van der Waals surface area contributed by atoms with Gasteiger partial charge in [0, 0.05) is 18.0 Å². The van der Waals surface area contributed by atoms with Crippen molar-refractivity contribution in [2.75, 3.05) is 0 Å². The maximum absolute atomic E-state index is 10.3. The fraction of sp³-hybridized carbons (Fsp3) is 0.